The maximum absolute atomic E-state index is 4.75. The summed E-state index contributed by atoms with van der Waals surface area (Å²) < 4.78 is 6.97. The van der Waals surface area contributed by atoms with Crippen LogP contribution in [0.3, 0.4) is 0 Å². The molecule has 0 saturated heterocycles. The monoisotopic (exact) mass is 305 g/mol. The first kappa shape index (κ1) is 13.9. The molecule has 1 aromatic carbocycles. The van der Waals surface area contributed by atoms with Crippen molar-refractivity contribution in [3.8, 4) is 0 Å². The molecule has 20 heavy (non-hydrogen) atoms. The Balaban J connectivity index is 1.90. The van der Waals surface area contributed by atoms with Gasteiger partial charge in [-0.15, -0.1) is 0 Å². The Kier molecular flexibility index (Phi) is 3.73. The number of nitrogens with zero attached hydrogens (tertiary/aromatic N) is 3. The van der Waals surface area contributed by atoms with Crippen LogP contribution in [0.1, 0.15) is 32.8 Å². The summed E-state index contributed by atoms with van der Waals surface area (Å²) in [6.07, 6.45) is 2.32. The van der Waals surface area contributed by atoms with Crippen LogP contribution in [0.2, 0.25) is 0 Å². The Labute approximate surface area is 127 Å². The highest BCUT2D eigenvalue weighted by Crippen LogP contribution is 2.38. The molecule has 1 aromatic heterocycles. The highest BCUT2D eigenvalue weighted by Gasteiger charge is 2.31. The predicted molar refractivity (Wildman–Crippen MR) is 85.7 cm³/mol. The highest BCUT2D eigenvalue weighted by atomic mass is 32.2. The van der Waals surface area contributed by atoms with Crippen LogP contribution in [0.4, 0.5) is 5.69 Å². The Bertz CT molecular complexity index is 665. The van der Waals surface area contributed by atoms with Crippen molar-refractivity contribution >= 4 is 29.0 Å². The fourth-order valence-corrected chi connectivity index (χ4v) is 4.27. The minimum atomic E-state index is 0.228. The number of rotatable bonds is 3. The Morgan fingerprint density at radius 1 is 1.30 bits per heavy atom. The van der Waals surface area contributed by atoms with E-state index in [0.717, 1.165) is 28.6 Å². The van der Waals surface area contributed by atoms with E-state index in [9.17, 15) is 0 Å². The second-order valence-electron chi connectivity index (χ2n) is 5.72. The Morgan fingerprint density at radius 3 is 2.75 bits per heavy atom. The number of fused-ring (bicyclic) bond motifs is 1. The first-order chi connectivity index (χ1) is 9.57. The maximum Gasteiger partial charge on any atom is 0.210 e. The third-order valence-electron chi connectivity index (χ3n) is 3.27. The molecule has 0 fully saturated rings. The topological polar surface area (TPSA) is 30.2 Å². The molecular formula is C15H19N3S2. The van der Waals surface area contributed by atoms with Gasteiger partial charge in [-0.2, -0.15) is 4.37 Å². The molecule has 0 N–H and O–H groups in total. The van der Waals surface area contributed by atoms with Gasteiger partial charge in [-0.3, -0.25) is 4.57 Å². The number of aryl methyl sites for hydroxylation is 1. The summed E-state index contributed by atoms with van der Waals surface area (Å²) in [7, 11) is 0. The van der Waals surface area contributed by atoms with Crippen LogP contribution in [-0.2, 0) is 13.0 Å². The van der Waals surface area contributed by atoms with E-state index in [2.05, 4.69) is 54.0 Å². The third-order valence-corrected chi connectivity index (χ3v) is 5.30. The highest BCUT2D eigenvalue weighted by molar-refractivity contribution is 8.00. The molecule has 2 heterocycles. The van der Waals surface area contributed by atoms with E-state index in [1.54, 1.807) is 0 Å². The molecule has 0 aliphatic carbocycles. The first-order valence-electron chi connectivity index (χ1n) is 6.96. The van der Waals surface area contributed by atoms with Crippen molar-refractivity contribution in [3.05, 3.63) is 34.6 Å². The van der Waals surface area contributed by atoms with Gasteiger partial charge >= 0.3 is 0 Å². The van der Waals surface area contributed by atoms with Gasteiger partial charge in [0.1, 0.15) is 0 Å². The quantitative estimate of drug-likeness (QED) is 0.857. The van der Waals surface area contributed by atoms with Gasteiger partial charge in [0.25, 0.3) is 0 Å². The summed E-state index contributed by atoms with van der Waals surface area (Å²) in [6.45, 7) is 7.69. The second-order valence-corrected chi connectivity index (χ2v) is 8.13. The molecule has 5 heteroatoms. The van der Waals surface area contributed by atoms with Gasteiger partial charge in [0.2, 0.25) is 4.80 Å². The normalized spacial score (nSPS) is 17.4. The van der Waals surface area contributed by atoms with E-state index in [0.29, 0.717) is 0 Å². The van der Waals surface area contributed by atoms with Crippen LogP contribution in [0.25, 0.3) is 0 Å². The second kappa shape index (κ2) is 5.37. The molecule has 0 atom stereocenters. The molecule has 1 aliphatic heterocycles. The summed E-state index contributed by atoms with van der Waals surface area (Å²) in [5.74, 6) is 0. The zero-order valence-corrected chi connectivity index (χ0v) is 13.7. The molecule has 0 bridgehead atoms. The van der Waals surface area contributed by atoms with Gasteiger partial charge in [-0.1, -0.05) is 37.2 Å². The van der Waals surface area contributed by atoms with Gasteiger partial charge in [-0.25, -0.2) is 4.99 Å². The number of hydrogen-bond donors (Lipinski definition) is 0. The lowest BCUT2D eigenvalue weighted by Crippen LogP contribution is -2.21. The molecule has 1 aliphatic rings. The lowest BCUT2D eigenvalue weighted by Gasteiger charge is -2.12. The third kappa shape index (κ3) is 2.83. The van der Waals surface area contributed by atoms with E-state index in [-0.39, 0.29) is 4.75 Å². The van der Waals surface area contributed by atoms with Crippen molar-refractivity contribution in [3.63, 3.8) is 0 Å². The fourth-order valence-electron chi connectivity index (χ4n) is 2.35. The molecule has 0 saturated carbocycles. The van der Waals surface area contributed by atoms with Gasteiger partial charge in [0, 0.05) is 22.8 Å². The maximum atomic E-state index is 4.75. The average molecular weight is 305 g/mol. The van der Waals surface area contributed by atoms with Crippen LogP contribution < -0.4 is 4.80 Å². The van der Waals surface area contributed by atoms with Crippen molar-refractivity contribution < 1.29 is 0 Å². The number of aromatic nitrogens is 2. The largest absolute Gasteiger partial charge is 0.293 e. The van der Waals surface area contributed by atoms with E-state index in [1.807, 2.05) is 11.8 Å². The number of thioether (sulfide) groups is 1. The van der Waals surface area contributed by atoms with Gasteiger partial charge < -0.3 is 0 Å². The van der Waals surface area contributed by atoms with Crippen LogP contribution in [0, 0.1) is 0 Å². The van der Waals surface area contributed by atoms with Crippen LogP contribution in [-0.4, -0.2) is 13.7 Å². The molecule has 3 rings (SSSR count). The van der Waals surface area contributed by atoms with Crippen molar-refractivity contribution in [1.29, 1.82) is 0 Å². The van der Waals surface area contributed by atoms with Crippen molar-refractivity contribution in [2.24, 2.45) is 4.99 Å². The van der Waals surface area contributed by atoms with E-state index >= 15 is 0 Å². The van der Waals surface area contributed by atoms with Crippen LogP contribution in [0.15, 0.2) is 34.4 Å². The van der Waals surface area contributed by atoms with Gasteiger partial charge in [-0.05, 0) is 38.0 Å². The molecule has 0 radical (unpaired) electrons. The van der Waals surface area contributed by atoms with Crippen molar-refractivity contribution in [1.82, 2.24) is 8.94 Å². The summed E-state index contributed by atoms with van der Waals surface area (Å²) in [5, 5.41) is 1.10. The van der Waals surface area contributed by atoms with Crippen molar-refractivity contribution in [2.45, 2.75) is 50.1 Å². The summed E-state index contributed by atoms with van der Waals surface area (Å²) >= 11 is 3.32. The lowest BCUT2D eigenvalue weighted by molar-refractivity contribution is 0.555. The molecule has 0 spiro atoms. The Morgan fingerprint density at radius 2 is 2.05 bits per heavy atom. The molecule has 106 valence electrons. The Hall–Kier alpha value is -1.07. The van der Waals surface area contributed by atoms with Gasteiger partial charge in [0.05, 0.1) is 5.69 Å². The van der Waals surface area contributed by atoms with E-state index in [1.165, 1.54) is 23.5 Å². The standard InChI is InChI=1S/C15H19N3S2/c1-4-5-11-6-8-12(9-7-11)16-13-18-10-15(2,3)19-14(18)17-20-13/h6-9H,4-5,10H2,1-3H3. The fraction of sp³-hybridized carbons (Fsp3) is 0.467. The van der Waals surface area contributed by atoms with E-state index < -0.39 is 0 Å². The molecule has 3 nitrogen and oxygen atoms in total. The smallest absolute Gasteiger partial charge is 0.210 e. The summed E-state index contributed by atoms with van der Waals surface area (Å²) in [5.41, 5.74) is 2.39. The SMILES string of the molecule is CCCc1ccc(N=c2snc3n2CC(C)(C)S3)cc1. The molecule has 0 amide bonds. The minimum absolute atomic E-state index is 0.228. The zero-order valence-electron chi connectivity index (χ0n) is 12.1. The summed E-state index contributed by atoms with van der Waals surface area (Å²) in [4.78, 5) is 5.75. The van der Waals surface area contributed by atoms with Gasteiger partial charge in [0.15, 0.2) is 5.16 Å². The predicted octanol–water partition coefficient (Wildman–Crippen LogP) is 4.01. The van der Waals surface area contributed by atoms with Crippen LogP contribution in [0.5, 0.6) is 0 Å². The number of hydrogen-bond acceptors (Lipinski definition) is 4. The summed E-state index contributed by atoms with van der Waals surface area (Å²) in [6, 6.07) is 8.55. The lowest BCUT2D eigenvalue weighted by atomic mass is 10.1. The first-order valence-corrected chi connectivity index (χ1v) is 8.55. The van der Waals surface area contributed by atoms with Crippen molar-refractivity contribution in [2.75, 3.05) is 0 Å². The molecule has 0 unspecified atom stereocenters. The van der Waals surface area contributed by atoms with Crippen LogP contribution >= 0.6 is 23.3 Å². The number of benzene rings is 1. The molecular weight excluding hydrogens is 286 g/mol. The zero-order chi connectivity index (χ0) is 14.2. The molecule has 2 aromatic rings. The average Bonchev–Trinajstić information content (AvgIpc) is 2.89. The minimum Gasteiger partial charge on any atom is -0.293 e. The van der Waals surface area contributed by atoms with E-state index in [4.69, 9.17) is 4.99 Å².